The minimum atomic E-state index is 0.0819. The molecule has 2 atom stereocenters. The van der Waals surface area contributed by atoms with Gasteiger partial charge in [0.1, 0.15) is 0 Å². The van der Waals surface area contributed by atoms with Crippen molar-refractivity contribution in [3.63, 3.8) is 0 Å². The Morgan fingerprint density at radius 2 is 1.94 bits per heavy atom. The summed E-state index contributed by atoms with van der Waals surface area (Å²) in [4.78, 5) is 0. The van der Waals surface area contributed by atoms with E-state index in [4.69, 9.17) is 4.74 Å². The summed E-state index contributed by atoms with van der Waals surface area (Å²) >= 11 is 0. The lowest BCUT2D eigenvalue weighted by Gasteiger charge is -2.36. The van der Waals surface area contributed by atoms with Crippen LogP contribution in [0.25, 0.3) is 0 Å². The van der Waals surface area contributed by atoms with E-state index in [-0.39, 0.29) is 5.60 Å². The quantitative estimate of drug-likeness (QED) is 0.720. The van der Waals surface area contributed by atoms with Gasteiger partial charge in [-0.25, -0.2) is 0 Å². The van der Waals surface area contributed by atoms with Crippen molar-refractivity contribution < 1.29 is 4.74 Å². The Morgan fingerprint density at radius 1 is 1.25 bits per heavy atom. The molecule has 0 spiro atoms. The molecule has 1 aliphatic rings. The van der Waals surface area contributed by atoms with Crippen molar-refractivity contribution in [3.05, 3.63) is 0 Å². The molecular formula is C14H29NO. The first-order valence-corrected chi connectivity index (χ1v) is 7.03. The van der Waals surface area contributed by atoms with Crippen LogP contribution in [0.3, 0.4) is 0 Å². The van der Waals surface area contributed by atoms with Crippen molar-refractivity contribution in [2.75, 3.05) is 13.2 Å². The zero-order valence-corrected chi connectivity index (χ0v) is 11.5. The third-order valence-corrected chi connectivity index (χ3v) is 4.16. The van der Waals surface area contributed by atoms with Gasteiger partial charge in [-0.1, -0.05) is 33.6 Å². The molecule has 0 saturated carbocycles. The maximum Gasteiger partial charge on any atom is 0.0807 e. The zero-order chi connectivity index (χ0) is 12.0. The Morgan fingerprint density at radius 3 is 2.38 bits per heavy atom. The maximum atomic E-state index is 5.98. The molecule has 0 radical (unpaired) electrons. The number of nitrogens with one attached hydrogen (secondary N) is 1. The molecule has 2 unspecified atom stereocenters. The number of ether oxygens (including phenoxy) is 1. The van der Waals surface area contributed by atoms with Gasteiger partial charge in [0.15, 0.2) is 0 Å². The molecule has 0 aliphatic carbocycles. The van der Waals surface area contributed by atoms with Crippen LogP contribution >= 0.6 is 0 Å². The third-order valence-electron chi connectivity index (χ3n) is 4.16. The monoisotopic (exact) mass is 227 g/mol. The van der Waals surface area contributed by atoms with Crippen molar-refractivity contribution in [1.29, 1.82) is 0 Å². The highest BCUT2D eigenvalue weighted by Crippen LogP contribution is 2.32. The molecule has 0 bridgehead atoms. The van der Waals surface area contributed by atoms with Crippen molar-refractivity contribution in [2.24, 2.45) is 5.92 Å². The standard InChI is InChI=1S/C14H29NO/c1-5-12(6-2)11-13(15-7-3)14(4)9-8-10-16-14/h12-13,15H,5-11H2,1-4H3. The molecule has 0 aromatic rings. The fourth-order valence-corrected chi connectivity index (χ4v) is 2.83. The second kappa shape index (κ2) is 6.61. The van der Waals surface area contributed by atoms with E-state index in [0.29, 0.717) is 6.04 Å². The van der Waals surface area contributed by atoms with E-state index in [1.807, 2.05) is 0 Å². The zero-order valence-electron chi connectivity index (χ0n) is 11.5. The molecule has 0 amide bonds. The summed E-state index contributed by atoms with van der Waals surface area (Å²) in [6, 6.07) is 0.532. The highest BCUT2D eigenvalue weighted by molar-refractivity contribution is 4.93. The molecule has 96 valence electrons. The SMILES string of the molecule is CCNC(CC(CC)CC)C1(C)CCCO1. The molecule has 1 rings (SSSR count). The molecule has 0 aromatic carbocycles. The topological polar surface area (TPSA) is 21.3 Å². The van der Waals surface area contributed by atoms with Gasteiger partial charge in [-0.15, -0.1) is 0 Å². The van der Waals surface area contributed by atoms with Crippen molar-refractivity contribution in [1.82, 2.24) is 5.32 Å². The molecule has 1 saturated heterocycles. The number of likely N-dealkylation sites (N-methyl/N-ethyl adjacent to an activating group) is 1. The van der Waals surface area contributed by atoms with Crippen LogP contribution in [0.15, 0.2) is 0 Å². The van der Waals surface area contributed by atoms with Gasteiger partial charge in [-0.2, -0.15) is 0 Å². The second-order valence-corrected chi connectivity index (χ2v) is 5.29. The first kappa shape index (κ1) is 14.0. The summed E-state index contributed by atoms with van der Waals surface area (Å²) < 4.78 is 5.98. The van der Waals surface area contributed by atoms with Crippen LogP contribution < -0.4 is 5.32 Å². The van der Waals surface area contributed by atoms with E-state index in [2.05, 4.69) is 33.0 Å². The van der Waals surface area contributed by atoms with E-state index in [9.17, 15) is 0 Å². The van der Waals surface area contributed by atoms with Crippen LogP contribution in [-0.2, 0) is 4.74 Å². The second-order valence-electron chi connectivity index (χ2n) is 5.29. The molecule has 1 aliphatic heterocycles. The molecule has 0 aromatic heterocycles. The van der Waals surface area contributed by atoms with Gasteiger partial charge in [0.2, 0.25) is 0 Å². The average Bonchev–Trinajstić information content (AvgIpc) is 2.72. The summed E-state index contributed by atoms with van der Waals surface area (Å²) in [5, 5.41) is 3.64. The van der Waals surface area contributed by atoms with E-state index in [1.54, 1.807) is 0 Å². The fraction of sp³-hybridized carbons (Fsp3) is 1.00. The number of hydrogen-bond acceptors (Lipinski definition) is 2. The summed E-state index contributed by atoms with van der Waals surface area (Å²) in [5.74, 6) is 0.838. The Hall–Kier alpha value is -0.0800. The maximum absolute atomic E-state index is 5.98. The van der Waals surface area contributed by atoms with Gasteiger partial charge in [0.25, 0.3) is 0 Å². The summed E-state index contributed by atoms with van der Waals surface area (Å²) in [6.45, 7) is 11.1. The molecule has 1 fully saturated rings. The number of hydrogen-bond donors (Lipinski definition) is 1. The van der Waals surface area contributed by atoms with Crippen LogP contribution in [0.1, 0.15) is 59.8 Å². The molecule has 16 heavy (non-hydrogen) atoms. The summed E-state index contributed by atoms with van der Waals surface area (Å²) in [6.07, 6.45) is 6.27. The first-order chi connectivity index (χ1) is 7.66. The first-order valence-electron chi connectivity index (χ1n) is 7.03. The molecule has 1 heterocycles. The lowest BCUT2D eigenvalue weighted by molar-refractivity contribution is -0.0180. The minimum absolute atomic E-state index is 0.0819. The Labute approximate surface area is 101 Å². The van der Waals surface area contributed by atoms with Crippen LogP contribution in [0.5, 0.6) is 0 Å². The molecule has 2 nitrogen and oxygen atoms in total. The largest absolute Gasteiger partial charge is 0.374 e. The van der Waals surface area contributed by atoms with Crippen LogP contribution in [-0.4, -0.2) is 24.8 Å². The minimum Gasteiger partial charge on any atom is -0.374 e. The van der Waals surface area contributed by atoms with Crippen molar-refractivity contribution in [3.8, 4) is 0 Å². The van der Waals surface area contributed by atoms with Crippen LogP contribution in [0.2, 0.25) is 0 Å². The van der Waals surface area contributed by atoms with E-state index < -0.39 is 0 Å². The average molecular weight is 227 g/mol. The molecule has 2 heteroatoms. The molecule has 1 N–H and O–H groups in total. The van der Waals surface area contributed by atoms with E-state index in [0.717, 1.165) is 19.1 Å². The number of rotatable bonds is 7. The lowest BCUT2D eigenvalue weighted by atomic mass is 9.84. The van der Waals surface area contributed by atoms with E-state index in [1.165, 1.54) is 32.1 Å². The van der Waals surface area contributed by atoms with Crippen LogP contribution in [0, 0.1) is 5.92 Å². The Bertz CT molecular complexity index is 183. The fourth-order valence-electron chi connectivity index (χ4n) is 2.83. The summed E-state index contributed by atoms with van der Waals surface area (Å²) in [7, 11) is 0. The van der Waals surface area contributed by atoms with Gasteiger partial charge < -0.3 is 10.1 Å². The normalized spacial score (nSPS) is 27.6. The Balaban J connectivity index is 2.58. The predicted octanol–water partition coefficient (Wildman–Crippen LogP) is 3.36. The van der Waals surface area contributed by atoms with Crippen molar-refractivity contribution >= 4 is 0 Å². The van der Waals surface area contributed by atoms with E-state index >= 15 is 0 Å². The predicted molar refractivity (Wildman–Crippen MR) is 69.7 cm³/mol. The lowest BCUT2D eigenvalue weighted by Crippen LogP contribution is -2.49. The Kier molecular flexibility index (Phi) is 5.77. The smallest absolute Gasteiger partial charge is 0.0807 e. The van der Waals surface area contributed by atoms with Gasteiger partial charge in [-0.05, 0) is 38.6 Å². The highest BCUT2D eigenvalue weighted by Gasteiger charge is 2.38. The van der Waals surface area contributed by atoms with Crippen molar-refractivity contribution in [2.45, 2.75) is 71.4 Å². The van der Waals surface area contributed by atoms with Crippen LogP contribution in [0.4, 0.5) is 0 Å². The van der Waals surface area contributed by atoms with Gasteiger partial charge in [0, 0.05) is 12.6 Å². The third kappa shape index (κ3) is 3.46. The van der Waals surface area contributed by atoms with Gasteiger partial charge in [-0.3, -0.25) is 0 Å². The van der Waals surface area contributed by atoms with Gasteiger partial charge in [0.05, 0.1) is 5.60 Å². The summed E-state index contributed by atoms with van der Waals surface area (Å²) in [5.41, 5.74) is 0.0819. The van der Waals surface area contributed by atoms with Gasteiger partial charge >= 0.3 is 0 Å². The highest BCUT2D eigenvalue weighted by atomic mass is 16.5. The molecular weight excluding hydrogens is 198 g/mol.